The molecule has 0 rings (SSSR count). The fourth-order valence-corrected chi connectivity index (χ4v) is 0.899. The Morgan fingerprint density at radius 2 is 2.00 bits per heavy atom. The van der Waals surface area contributed by atoms with E-state index in [0.717, 1.165) is 12.8 Å². The Morgan fingerprint density at radius 1 is 1.43 bits per heavy atom. The van der Waals surface area contributed by atoms with E-state index in [0.29, 0.717) is 6.16 Å². The first-order valence-corrected chi connectivity index (χ1v) is 3.86. The third kappa shape index (κ3) is 6.35. The minimum atomic E-state index is -1.61. The molecule has 0 aliphatic rings. The Kier molecular flexibility index (Phi) is 4.73. The molecule has 0 amide bonds. The van der Waals surface area contributed by atoms with Gasteiger partial charge in [0, 0.05) is 6.16 Å². The minimum Gasteiger partial charge on any atom is -0.350 e. The van der Waals surface area contributed by atoms with Crippen molar-refractivity contribution in [2.24, 2.45) is 0 Å². The quantitative estimate of drug-likeness (QED) is 0.550. The van der Waals surface area contributed by atoms with Crippen LogP contribution in [0.25, 0.3) is 0 Å². The Labute approximate surface area is 45.1 Å². The normalized spacial score (nSPS) is 10.3. The van der Waals surface area contributed by atoms with Crippen LogP contribution >= 0.6 is 8.38 Å². The molecule has 0 radical (unpaired) electrons. The van der Waals surface area contributed by atoms with Gasteiger partial charge in [-0.25, -0.2) is 0 Å². The molecule has 3 heteroatoms. The maximum Gasteiger partial charge on any atom is 0.164 e. The van der Waals surface area contributed by atoms with Gasteiger partial charge in [-0.1, -0.05) is 13.3 Å². The average Bonchev–Trinajstić information content (AvgIpc) is 1.61. The van der Waals surface area contributed by atoms with Gasteiger partial charge in [-0.3, -0.25) is 0 Å². The Morgan fingerprint density at radius 3 is 2.14 bits per heavy atom. The Bertz CT molecular complexity index is 38.7. The highest BCUT2D eigenvalue weighted by Crippen LogP contribution is 2.23. The lowest BCUT2D eigenvalue weighted by molar-refractivity contribution is 0.480. The van der Waals surface area contributed by atoms with Crippen LogP contribution in [0.5, 0.6) is 0 Å². The van der Waals surface area contributed by atoms with Gasteiger partial charge in [0.2, 0.25) is 0 Å². The summed E-state index contributed by atoms with van der Waals surface area (Å²) < 4.78 is 0. The molecule has 0 bridgehead atoms. The van der Waals surface area contributed by atoms with Gasteiger partial charge in [0.15, 0.2) is 8.38 Å². The van der Waals surface area contributed by atoms with E-state index in [-0.39, 0.29) is 0 Å². The molecule has 2 nitrogen and oxygen atoms in total. The van der Waals surface area contributed by atoms with Crippen molar-refractivity contribution in [2.75, 3.05) is 6.16 Å². The van der Waals surface area contributed by atoms with Crippen LogP contribution in [0.2, 0.25) is 0 Å². The zero-order chi connectivity index (χ0) is 5.70. The summed E-state index contributed by atoms with van der Waals surface area (Å²) in [4.78, 5) is 16.6. The molecular formula is C4H11O2P. The summed E-state index contributed by atoms with van der Waals surface area (Å²) in [5.74, 6) is 0. The summed E-state index contributed by atoms with van der Waals surface area (Å²) in [5, 5.41) is 0. The van der Waals surface area contributed by atoms with Gasteiger partial charge in [0.1, 0.15) is 0 Å². The summed E-state index contributed by atoms with van der Waals surface area (Å²) in [5.41, 5.74) is 0. The average molecular weight is 122 g/mol. The van der Waals surface area contributed by atoms with Gasteiger partial charge in [-0.15, -0.1) is 0 Å². The van der Waals surface area contributed by atoms with Crippen molar-refractivity contribution in [2.45, 2.75) is 19.8 Å². The van der Waals surface area contributed by atoms with Crippen molar-refractivity contribution in [3.8, 4) is 0 Å². The molecule has 0 aliphatic carbocycles. The molecule has 44 valence electrons. The first-order valence-electron chi connectivity index (χ1n) is 2.42. The highest BCUT2D eigenvalue weighted by molar-refractivity contribution is 7.45. The smallest absolute Gasteiger partial charge is 0.164 e. The summed E-state index contributed by atoms with van der Waals surface area (Å²) in [6.07, 6.45) is 2.55. The molecule has 0 aromatic carbocycles. The number of hydrogen-bond donors (Lipinski definition) is 2. The zero-order valence-electron chi connectivity index (χ0n) is 4.46. The fourth-order valence-electron chi connectivity index (χ4n) is 0.300. The number of rotatable bonds is 3. The maximum absolute atomic E-state index is 8.30. The molecule has 0 aromatic rings. The van der Waals surface area contributed by atoms with Crippen molar-refractivity contribution < 1.29 is 9.79 Å². The van der Waals surface area contributed by atoms with Crippen molar-refractivity contribution >= 4 is 8.38 Å². The molecule has 0 heterocycles. The lowest BCUT2D eigenvalue weighted by Gasteiger charge is -1.96. The molecule has 0 spiro atoms. The molecule has 7 heavy (non-hydrogen) atoms. The van der Waals surface area contributed by atoms with Gasteiger partial charge < -0.3 is 9.79 Å². The highest BCUT2D eigenvalue weighted by Gasteiger charge is 1.93. The van der Waals surface area contributed by atoms with Crippen molar-refractivity contribution in [1.29, 1.82) is 0 Å². The summed E-state index contributed by atoms with van der Waals surface area (Å²) in [6.45, 7) is 2.03. The predicted molar refractivity (Wildman–Crippen MR) is 31.1 cm³/mol. The van der Waals surface area contributed by atoms with Crippen LogP contribution in [-0.2, 0) is 0 Å². The fraction of sp³-hybridized carbons (Fsp3) is 1.00. The summed E-state index contributed by atoms with van der Waals surface area (Å²) in [7, 11) is -1.61. The van der Waals surface area contributed by atoms with Gasteiger partial charge in [0.05, 0.1) is 0 Å². The second kappa shape index (κ2) is 4.51. The lowest BCUT2D eigenvalue weighted by Crippen LogP contribution is -1.78. The Hall–Kier alpha value is 0.350. The lowest BCUT2D eigenvalue weighted by atomic mass is 10.4. The van der Waals surface area contributed by atoms with Crippen molar-refractivity contribution in [3.05, 3.63) is 0 Å². The molecular weight excluding hydrogens is 111 g/mol. The largest absolute Gasteiger partial charge is 0.350 e. The Balaban J connectivity index is 2.68. The van der Waals surface area contributed by atoms with Gasteiger partial charge in [-0.2, -0.15) is 0 Å². The third-order valence-electron chi connectivity index (χ3n) is 0.712. The van der Waals surface area contributed by atoms with Crippen LogP contribution in [0, 0.1) is 0 Å². The predicted octanol–water partition coefficient (Wildman–Crippen LogP) is 1.08. The number of unbranched alkanes of at least 4 members (excludes halogenated alkanes) is 1. The highest BCUT2D eigenvalue weighted by atomic mass is 31.2. The molecule has 0 atom stereocenters. The van der Waals surface area contributed by atoms with Gasteiger partial charge in [0.25, 0.3) is 0 Å². The molecule has 0 saturated carbocycles. The molecule has 2 N–H and O–H groups in total. The van der Waals surface area contributed by atoms with Crippen LogP contribution in [0.4, 0.5) is 0 Å². The third-order valence-corrected chi connectivity index (χ3v) is 1.43. The van der Waals surface area contributed by atoms with Gasteiger partial charge in [-0.05, 0) is 6.42 Å². The molecule has 0 unspecified atom stereocenters. The SMILES string of the molecule is CCCCP(O)O. The van der Waals surface area contributed by atoms with E-state index in [2.05, 4.69) is 0 Å². The minimum absolute atomic E-state index is 0.575. The van der Waals surface area contributed by atoms with Crippen LogP contribution < -0.4 is 0 Å². The summed E-state index contributed by atoms with van der Waals surface area (Å²) in [6, 6.07) is 0. The monoisotopic (exact) mass is 122 g/mol. The van der Waals surface area contributed by atoms with Crippen LogP contribution in [-0.4, -0.2) is 15.9 Å². The second-order valence-electron chi connectivity index (χ2n) is 1.45. The van der Waals surface area contributed by atoms with Crippen molar-refractivity contribution in [1.82, 2.24) is 0 Å². The molecule has 0 fully saturated rings. The van der Waals surface area contributed by atoms with Gasteiger partial charge >= 0.3 is 0 Å². The van der Waals surface area contributed by atoms with Crippen LogP contribution in [0.15, 0.2) is 0 Å². The van der Waals surface area contributed by atoms with Crippen LogP contribution in [0.1, 0.15) is 19.8 Å². The summed E-state index contributed by atoms with van der Waals surface area (Å²) >= 11 is 0. The van der Waals surface area contributed by atoms with E-state index in [1.54, 1.807) is 0 Å². The molecule has 0 saturated heterocycles. The second-order valence-corrected chi connectivity index (χ2v) is 2.64. The maximum atomic E-state index is 8.30. The topological polar surface area (TPSA) is 40.5 Å². The molecule has 0 aliphatic heterocycles. The number of hydrogen-bond acceptors (Lipinski definition) is 2. The first-order chi connectivity index (χ1) is 3.27. The zero-order valence-corrected chi connectivity index (χ0v) is 5.36. The van der Waals surface area contributed by atoms with Crippen LogP contribution in [0.3, 0.4) is 0 Å². The van der Waals surface area contributed by atoms with E-state index in [1.807, 2.05) is 6.92 Å². The van der Waals surface area contributed by atoms with E-state index in [9.17, 15) is 0 Å². The van der Waals surface area contributed by atoms with Crippen molar-refractivity contribution in [3.63, 3.8) is 0 Å². The van der Waals surface area contributed by atoms with E-state index >= 15 is 0 Å². The first kappa shape index (κ1) is 7.35. The van der Waals surface area contributed by atoms with E-state index in [1.165, 1.54) is 0 Å². The standard InChI is InChI=1S/C4H11O2P/c1-2-3-4-7(5)6/h5-6H,2-4H2,1H3. The van der Waals surface area contributed by atoms with E-state index in [4.69, 9.17) is 9.79 Å². The molecule has 0 aromatic heterocycles. The van der Waals surface area contributed by atoms with E-state index < -0.39 is 8.38 Å².